The summed E-state index contributed by atoms with van der Waals surface area (Å²) < 4.78 is 28.6. The number of thiophene rings is 1. The third-order valence-corrected chi connectivity index (χ3v) is 6.26. The van der Waals surface area contributed by atoms with Gasteiger partial charge in [-0.15, -0.1) is 11.3 Å². The number of nitrogens with one attached hydrogen (secondary N) is 2. The Balaban J connectivity index is 2.22. The zero-order chi connectivity index (χ0) is 15.5. The number of hydrogen-bond donors (Lipinski definition) is 2. The monoisotopic (exact) mass is 436 g/mol. The van der Waals surface area contributed by atoms with Gasteiger partial charge >= 0.3 is 0 Å². The Bertz CT molecular complexity index is 709. The van der Waals surface area contributed by atoms with Gasteiger partial charge in [0.25, 0.3) is 10.0 Å². The lowest BCUT2D eigenvalue weighted by atomic mass is 10.3. The van der Waals surface area contributed by atoms with E-state index in [0.29, 0.717) is 17.1 Å². The molecular weight excluding hydrogens is 419 g/mol. The molecule has 7 heteroatoms. The van der Waals surface area contributed by atoms with Crippen molar-refractivity contribution < 1.29 is 8.42 Å². The molecule has 0 aliphatic heterocycles. The third-order valence-electron chi connectivity index (χ3n) is 2.86. The maximum Gasteiger partial charge on any atom is 0.263 e. The summed E-state index contributed by atoms with van der Waals surface area (Å²) in [7, 11) is -3.53. The lowest BCUT2D eigenvalue weighted by Gasteiger charge is -2.07. The van der Waals surface area contributed by atoms with E-state index in [9.17, 15) is 8.42 Å². The summed E-state index contributed by atoms with van der Waals surface area (Å²) in [6.07, 6.45) is 0. The normalized spacial score (nSPS) is 11.6. The first kappa shape index (κ1) is 16.7. The highest BCUT2D eigenvalue weighted by atomic mass is 127. The molecule has 0 spiro atoms. The molecule has 0 fully saturated rings. The van der Waals surface area contributed by atoms with Gasteiger partial charge in [-0.25, -0.2) is 8.42 Å². The fourth-order valence-electron chi connectivity index (χ4n) is 1.85. The molecule has 0 bridgehead atoms. The summed E-state index contributed by atoms with van der Waals surface area (Å²) in [4.78, 5) is 2.19. The lowest BCUT2D eigenvalue weighted by Crippen LogP contribution is -2.13. The van der Waals surface area contributed by atoms with Gasteiger partial charge in [0.1, 0.15) is 4.90 Å². The average molecular weight is 436 g/mol. The van der Waals surface area contributed by atoms with Crippen LogP contribution in [0.25, 0.3) is 0 Å². The topological polar surface area (TPSA) is 58.2 Å². The van der Waals surface area contributed by atoms with Gasteiger partial charge in [0.05, 0.1) is 0 Å². The van der Waals surface area contributed by atoms with Gasteiger partial charge in [0.15, 0.2) is 0 Å². The molecule has 21 heavy (non-hydrogen) atoms. The predicted molar refractivity (Wildman–Crippen MR) is 96.4 cm³/mol. The van der Waals surface area contributed by atoms with Gasteiger partial charge in [0, 0.05) is 25.6 Å². The molecule has 1 aromatic heterocycles. The molecule has 0 saturated carbocycles. The van der Waals surface area contributed by atoms with Crippen molar-refractivity contribution in [2.45, 2.75) is 25.3 Å². The SMILES string of the molecule is CCNCc1cc(S(=O)(=O)Nc2ccc(I)cc2)c(C)s1. The van der Waals surface area contributed by atoms with Crippen molar-refractivity contribution in [3.05, 3.63) is 43.7 Å². The molecule has 0 aliphatic carbocycles. The Morgan fingerprint density at radius 3 is 2.52 bits per heavy atom. The quantitative estimate of drug-likeness (QED) is 0.681. The fourth-order valence-corrected chi connectivity index (χ4v) is 4.88. The molecule has 0 aliphatic rings. The number of rotatable bonds is 6. The lowest BCUT2D eigenvalue weighted by molar-refractivity contribution is 0.601. The first-order valence-electron chi connectivity index (χ1n) is 6.51. The van der Waals surface area contributed by atoms with Crippen LogP contribution in [-0.2, 0) is 16.6 Å². The van der Waals surface area contributed by atoms with Crippen LogP contribution in [0.1, 0.15) is 16.7 Å². The maximum absolute atomic E-state index is 12.5. The van der Waals surface area contributed by atoms with Crippen molar-refractivity contribution in [3.63, 3.8) is 0 Å². The number of anilines is 1. The summed E-state index contributed by atoms with van der Waals surface area (Å²) in [5, 5.41) is 3.21. The average Bonchev–Trinajstić information content (AvgIpc) is 2.81. The van der Waals surface area contributed by atoms with E-state index in [1.54, 1.807) is 18.2 Å². The van der Waals surface area contributed by atoms with Gasteiger partial charge < -0.3 is 5.32 Å². The highest BCUT2D eigenvalue weighted by Gasteiger charge is 2.20. The molecule has 2 aromatic rings. The van der Waals surface area contributed by atoms with Gasteiger partial charge in [0.2, 0.25) is 0 Å². The first-order valence-corrected chi connectivity index (χ1v) is 9.88. The van der Waals surface area contributed by atoms with Gasteiger partial charge in [-0.05, 0) is 66.4 Å². The molecule has 0 atom stereocenters. The van der Waals surface area contributed by atoms with Crippen molar-refractivity contribution in [1.82, 2.24) is 5.32 Å². The summed E-state index contributed by atoms with van der Waals surface area (Å²) in [6, 6.07) is 9.02. The van der Waals surface area contributed by atoms with Crippen molar-refractivity contribution in [3.8, 4) is 0 Å². The largest absolute Gasteiger partial charge is 0.312 e. The van der Waals surface area contributed by atoms with Crippen molar-refractivity contribution in [2.24, 2.45) is 0 Å². The zero-order valence-corrected chi connectivity index (χ0v) is 15.6. The standard InChI is InChI=1S/C14H17IN2O2S2/c1-3-16-9-13-8-14(10(2)20-13)21(18,19)17-12-6-4-11(15)5-7-12/h4-8,16-17H,3,9H2,1-2H3. The van der Waals surface area contributed by atoms with Crippen LogP contribution >= 0.6 is 33.9 Å². The molecule has 2 rings (SSSR count). The van der Waals surface area contributed by atoms with Crippen LogP contribution in [0.4, 0.5) is 5.69 Å². The summed E-state index contributed by atoms with van der Waals surface area (Å²) >= 11 is 3.70. The number of halogens is 1. The number of aryl methyl sites for hydroxylation is 1. The molecule has 2 N–H and O–H groups in total. The van der Waals surface area contributed by atoms with E-state index in [0.717, 1.165) is 19.9 Å². The molecule has 114 valence electrons. The second-order valence-corrected chi connectivity index (χ2v) is 8.76. The van der Waals surface area contributed by atoms with E-state index < -0.39 is 10.0 Å². The van der Waals surface area contributed by atoms with Crippen LogP contribution in [0.5, 0.6) is 0 Å². The highest BCUT2D eigenvalue weighted by molar-refractivity contribution is 14.1. The van der Waals surface area contributed by atoms with E-state index >= 15 is 0 Å². The molecule has 1 heterocycles. The Labute approximate surface area is 143 Å². The molecular formula is C14H17IN2O2S2. The Morgan fingerprint density at radius 2 is 1.90 bits per heavy atom. The second kappa shape index (κ2) is 7.08. The molecule has 0 unspecified atom stereocenters. The number of hydrogen-bond acceptors (Lipinski definition) is 4. The van der Waals surface area contributed by atoms with Crippen molar-refractivity contribution >= 4 is 49.6 Å². The highest BCUT2D eigenvalue weighted by Crippen LogP contribution is 2.27. The molecule has 1 aromatic carbocycles. The van der Waals surface area contributed by atoms with Crippen LogP contribution in [-0.4, -0.2) is 15.0 Å². The van der Waals surface area contributed by atoms with E-state index in [-0.39, 0.29) is 0 Å². The Morgan fingerprint density at radius 1 is 1.24 bits per heavy atom. The van der Waals surface area contributed by atoms with E-state index in [2.05, 4.69) is 32.6 Å². The zero-order valence-electron chi connectivity index (χ0n) is 11.8. The third kappa shape index (κ3) is 4.41. The van der Waals surface area contributed by atoms with Crippen LogP contribution in [0.15, 0.2) is 35.2 Å². The van der Waals surface area contributed by atoms with Crippen LogP contribution in [0.2, 0.25) is 0 Å². The van der Waals surface area contributed by atoms with Crippen LogP contribution in [0.3, 0.4) is 0 Å². The van der Waals surface area contributed by atoms with E-state index in [1.165, 1.54) is 11.3 Å². The Kier molecular flexibility index (Phi) is 5.64. The summed E-state index contributed by atoms with van der Waals surface area (Å²) in [5.41, 5.74) is 0.578. The van der Waals surface area contributed by atoms with Gasteiger partial charge in [-0.2, -0.15) is 0 Å². The second-order valence-electron chi connectivity index (χ2n) is 4.53. The van der Waals surface area contributed by atoms with Gasteiger partial charge in [-0.3, -0.25) is 4.72 Å². The van der Waals surface area contributed by atoms with E-state index in [4.69, 9.17) is 0 Å². The first-order chi connectivity index (χ1) is 9.92. The molecule has 4 nitrogen and oxygen atoms in total. The fraction of sp³-hybridized carbons (Fsp3) is 0.286. The predicted octanol–water partition coefficient (Wildman–Crippen LogP) is 3.57. The van der Waals surface area contributed by atoms with Crippen LogP contribution in [0, 0.1) is 10.5 Å². The van der Waals surface area contributed by atoms with Crippen LogP contribution < -0.4 is 10.0 Å². The minimum atomic E-state index is -3.53. The summed E-state index contributed by atoms with van der Waals surface area (Å²) in [6.45, 7) is 5.42. The minimum absolute atomic E-state index is 0.360. The molecule has 0 saturated heterocycles. The smallest absolute Gasteiger partial charge is 0.263 e. The number of benzene rings is 1. The van der Waals surface area contributed by atoms with Crippen molar-refractivity contribution in [1.29, 1.82) is 0 Å². The maximum atomic E-state index is 12.5. The molecule has 0 radical (unpaired) electrons. The van der Waals surface area contributed by atoms with Gasteiger partial charge in [-0.1, -0.05) is 6.92 Å². The van der Waals surface area contributed by atoms with Crippen molar-refractivity contribution in [2.75, 3.05) is 11.3 Å². The number of sulfonamides is 1. The summed E-state index contributed by atoms with van der Waals surface area (Å²) in [5.74, 6) is 0. The Hall–Kier alpha value is -0.640. The molecule has 0 amide bonds. The minimum Gasteiger partial charge on any atom is -0.312 e. The van der Waals surface area contributed by atoms with E-state index in [1.807, 2.05) is 26.0 Å².